The van der Waals surface area contributed by atoms with Crippen LogP contribution >= 0.6 is 0 Å². The molecular formula is C5H9N2OS-. The molecule has 0 radical (unpaired) electrons. The van der Waals surface area contributed by atoms with Gasteiger partial charge < -0.3 is 19.9 Å². The van der Waals surface area contributed by atoms with Crippen molar-refractivity contribution in [3.05, 3.63) is 0 Å². The summed E-state index contributed by atoms with van der Waals surface area (Å²) >= 11 is 0. The molecule has 3 nitrogen and oxygen atoms in total. The normalized spacial score (nSPS) is 18.8. The van der Waals surface area contributed by atoms with Crippen LogP contribution in [0.5, 0.6) is 0 Å². The number of hydrogen-bond acceptors (Lipinski definition) is 2. The van der Waals surface area contributed by atoms with E-state index in [4.69, 9.17) is 0 Å². The van der Waals surface area contributed by atoms with Crippen LogP contribution in [0.2, 0.25) is 0 Å². The first-order valence-electron chi connectivity index (χ1n) is 2.61. The van der Waals surface area contributed by atoms with E-state index in [1.165, 1.54) is 0 Å². The van der Waals surface area contributed by atoms with Gasteiger partial charge in [0.25, 0.3) is 6.03 Å². The second-order valence-electron chi connectivity index (χ2n) is 1.80. The quantitative estimate of drug-likeness (QED) is 0.388. The van der Waals surface area contributed by atoms with Gasteiger partial charge >= 0.3 is 0 Å². The number of amides is 2. The van der Waals surface area contributed by atoms with E-state index in [9.17, 15) is 4.79 Å². The van der Waals surface area contributed by atoms with Crippen molar-refractivity contribution in [3.63, 3.8) is 0 Å². The van der Waals surface area contributed by atoms with E-state index in [0.717, 1.165) is 13.1 Å². The maximum atomic E-state index is 10.8. The number of nitrogens with zero attached hydrogens (tertiary/aromatic N) is 1. The minimum Gasteiger partial charge on any atom is -0.418 e. The van der Waals surface area contributed by atoms with Gasteiger partial charge in [-0.25, -0.2) is 11.7 Å². The van der Waals surface area contributed by atoms with Crippen LogP contribution in [0.3, 0.4) is 0 Å². The Bertz CT molecular complexity index is 189. The monoisotopic (exact) mass is 145 g/mol. The fourth-order valence-corrected chi connectivity index (χ4v) is 1.35. The first-order valence-corrected chi connectivity index (χ1v) is 4.13. The summed E-state index contributed by atoms with van der Waals surface area (Å²) in [6, 6.07) is -0.0386. The molecule has 1 saturated heterocycles. The van der Waals surface area contributed by atoms with E-state index in [1.807, 2.05) is 0 Å². The zero-order valence-corrected chi connectivity index (χ0v) is 5.91. The van der Waals surface area contributed by atoms with Crippen molar-refractivity contribution in [1.29, 1.82) is 0 Å². The molecule has 0 aromatic heterocycles. The zero-order chi connectivity index (χ0) is 6.85. The number of hydrogen-bond donors (Lipinski definition) is 1. The van der Waals surface area contributed by atoms with Gasteiger partial charge in [-0.15, -0.1) is 0 Å². The molecule has 0 aromatic carbocycles. The second-order valence-corrected chi connectivity index (χ2v) is 3.16. The van der Waals surface area contributed by atoms with Crippen LogP contribution in [0, 0.1) is 0 Å². The van der Waals surface area contributed by atoms with E-state index in [-0.39, 0.29) is 6.03 Å². The molecular weight excluding hydrogens is 136 g/mol. The molecule has 1 aliphatic heterocycles. The molecule has 2 amide bonds. The van der Waals surface area contributed by atoms with Gasteiger partial charge in [0.15, 0.2) is 0 Å². The predicted molar refractivity (Wildman–Crippen MR) is 41.7 cm³/mol. The molecule has 1 rings (SSSR count). The number of nitrogens with one attached hydrogen (secondary N) is 1. The average molecular weight is 145 g/mol. The van der Waals surface area contributed by atoms with Crippen LogP contribution < -0.4 is 5.32 Å². The Kier molecular flexibility index (Phi) is 1.66. The molecule has 1 aliphatic rings. The smallest absolute Gasteiger partial charge is 0.298 e. The van der Waals surface area contributed by atoms with Gasteiger partial charge in [-0.05, 0) is 0 Å². The highest BCUT2D eigenvalue weighted by molar-refractivity contribution is 7.89. The third-order valence-corrected chi connectivity index (χ3v) is 2.10. The average Bonchev–Trinajstić information content (AvgIpc) is 2.13. The third kappa shape index (κ3) is 1.18. The van der Waals surface area contributed by atoms with Gasteiger partial charge in [-0.2, -0.15) is 0 Å². The van der Waals surface area contributed by atoms with Gasteiger partial charge in [-0.3, -0.25) is 4.79 Å². The molecule has 0 atom stereocenters. The highest BCUT2D eigenvalue weighted by atomic mass is 32.2. The van der Waals surface area contributed by atoms with Crippen LogP contribution in [-0.2, 0) is 10.3 Å². The van der Waals surface area contributed by atoms with Gasteiger partial charge in [0.2, 0.25) is 0 Å². The number of carbonyl (C=O) groups excluding carboxylic acids is 1. The zero-order valence-electron chi connectivity index (χ0n) is 5.09. The van der Waals surface area contributed by atoms with E-state index < -0.39 is 10.3 Å². The standard InChI is InChI=1S/C5H9N2OS/c1-9(2)7-4-3-6-5(7)8/h1-4H2,(H,6,8)/q-1. The lowest BCUT2D eigenvalue weighted by Gasteiger charge is -2.21. The summed E-state index contributed by atoms with van der Waals surface area (Å²) in [6.45, 7) is 1.47. The van der Waals surface area contributed by atoms with Crippen molar-refractivity contribution in [2.45, 2.75) is 0 Å². The molecule has 9 heavy (non-hydrogen) atoms. The summed E-state index contributed by atoms with van der Waals surface area (Å²) in [4.78, 5) is 10.8. The fraction of sp³-hybridized carbons (Fsp3) is 0.400. The van der Waals surface area contributed by atoms with Crippen LogP contribution in [0.1, 0.15) is 0 Å². The topological polar surface area (TPSA) is 32.3 Å². The molecule has 4 heteroatoms. The summed E-state index contributed by atoms with van der Waals surface area (Å²) in [7, 11) is -0.400. The Hall–Kier alpha value is -0.640. The van der Waals surface area contributed by atoms with E-state index in [1.54, 1.807) is 4.31 Å². The van der Waals surface area contributed by atoms with Crippen molar-refractivity contribution in [2.75, 3.05) is 13.1 Å². The van der Waals surface area contributed by atoms with E-state index >= 15 is 0 Å². The number of rotatable bonds is 1. The Morgan fingerprint density at radius 1 is 1.67 bits per heavy atom. The van der Waals surface area contributed by atoms with Crippen LogP contribution in [0.4, 0.5) is 4.79 Å². The van der Waals surface area contributed by atoms with Crippen molar-refractivity contribution in [2.24, 2.45) is 0 Å². The molecule has 1 fully saturated rings. The Labute approximate surface area is 56.3 Å². The summed E-state index contributed by atoms with van der Waals surface area (Å²) in [5, 5.41) is 2.66. The van der Waals surface area contributed by atoms with Crippen molar-refractivity contribution in [3.8, 4) is 0 Å². The summed E-state index contributed by atoms with van der Waals surface area (Å²) in [5.41, 5.74) is 0. The van der Waals surface area contributed by atoms with Crippen LogP contribution in [0.15, 0.2) is 0 Å². The maximum absolute atomic E-state index is 10.8. The molecule has 0 spiro atoms. The first-order chi connectivity index (χ1) is 4.22. The molecule has 52 valence electrons. The lowest BCUT2D eigenvalue weighted by molar-refractivity contribution is 0.238. The van der Waals surface area contributed by atoms with Gasteiger partial charge in [-0.1, -0.05) is 0 Å². The van der Waals surface area contributed by atoms with Gasteiger partial charge in [0.1, 0.15) is 0 Å². The molecule has 0 unspecified atom stereocenters. The van der Waals surface area contributed by atoms with E-state index in [2.05, 4.69) is 17.1 Å². The maximum Gasteiger partial charge on any atom is 0.298 e. The molecule has 0 saturated carbocycles. The minimum absolute atomic E-state index is 0.0386. The minimum atomic E-state index is -0.400. The highest BCUT2D eigenvalue weighted by Crippen LogP contribution is 1.94. The SMILES string of the molecule is C=[S-](=C)N1CCNC1=O. The molecule has 0 bridgehead atoms. The Morgan fingerprint density at radius 3 is 2.56 bits per heavy atom. The fourth-order valence-electron chi connectivity index (χ4n) is 0.700. The van der Waals surface area contributed by atoms with Crippen molar-refractivity contribution in [1.82, 2.24) is 9.62 Å². The van der Waals surface area contributed by atoms with Crippen LogP contribution in [0.25, 0.3) is 0 Å². The molecule has 1 N–H and O–H groups in total. The largest absolute Gasteiger partial charge is 0.418 e. The van der Waals surface area contributed by atoms with E-state index in [0.29, 0.717) is 0 Å². The van der Waals surface area contributed by atoms with Crippen LogP contribution in [-0.4, -0.2) is 35.2 Å². The lowest BCUT2D eigenvalue weighted by atomic mass is 10.7. The first kappa shape index (κ1) is 6.48. The molecule has 0 aromatic rings. The summed E-state index contributed by atoms with van der Waals surface area (Å²) < 4.78 is 1.62. The lowest BCUT2D eigenvalue weighted by Crippen LogP contribution is -2.26. The Balaban J connectivity index is 2.71. The number of carbonyl (C=O) groups is 1. The van der Waals surface area contributed by atoms with Gasteiger partial charge in [0.05, 0.1) is 0 Å². The summed E-state index contributed by atoms with van der Waals surface area (Å²) in [6.07, 6.45) is 0. The van der Waals surface area contributed by atoms with Crippen molar-refractivity contribution < 1.29 is 4.79 Å². The summed E-state index contributed by atoms with van der Waals surface area (Å²) in [5.74, 6) is 7.31. The van der Waals surface area contributed by atoms with Gasteiger partial charge in [0, 0.05) is 13.1 Å². The Morgan fingerprint density at radius 2 is 2.33 bits per heavy atom. The highest BCUT2D eigenvalue weighted by Gasteiger charge is 2.10. The predicted octanol–water partition coefficient (Wildman–Crippen LogP) is -0.591. The third-order valence-electron chi connectivity index (χ3n) is 1.13. The molecule has 0 aliphatic carbocycles. The second kappa shape index (κ2) is 2.31. The van der Waals surface area contributed by atoms with Crippen molar-refractivity contribution >= 4 is 28.0 Å². The molecule has 1 heterocycles. The number of urea groups is 1.